The molecule has 0 amide bonds. The lowest BCUT2D eigenvalue weighted by molar-refractivity contribution is -0.131. The molecule has 2 aromatic carbocycles. The zero-order valence-corrected chi connectivity index (χ0v) is 12.1. The average molecular weight is 355 g/mol. The molecule has 6 heteroatoms. The maximum absolute atomic E-state index is 13.8. The summed E-state index contributed by atoms with van der Waals surface area (Å²) in [5.74, 6) is -2.47. The van der Waals surface area contributed by atoms with Crippen LogP contribution in [0.25, 0.3) is 6.08 Å². The van der Waals surface area contributed by atoms with E-state index < -0.39 is 17.6 Å². The van der Waals surface area contributed by atoms with E-state index in [9.17, 15) is 13.6 Å². The normalized spacial score (nSPS) is 10.8. The first kappa shape index (κ1) is 15.2. The summed E-state index contributed by atoms with van der Waals surface area (Å²) in [6.07, 6.45) is 2.07. The number of carbonyl (C=O) groups is 1. The van der Waals surface area contributed by atoms with Gasteiger partial charge >= 0.3 is 5.97 Å². The first-order valence-corrected chi connectivity index (χ1v) is 6.58. The fraction of sp³-hybridized carbons (Fsp3) is 0. The molecule has 21 heavy (non-hydrogen) atoms. The highest BCUT2D eigenvalue weighted by Crippen LogP contribution is 2.31. The summed E-state index contributed by atoms with van der Waals surface area (Å²) < 4.78 is 32.9. The van der Waals surface area contributed by atoms with Crippen molar-refractivity contribution in [1.82, 2.24) is 0 Å². The lowest BCUT2D eigenvalue weighted by atomic mass is 10.1. The molecule has 0 fully saturated rings. The van der Waals surface area contributed by atoms with Gasteiger partial charge in [-0.2, -0.15) is 0 Å². The van der Waals surface area contributed by atoms with E-state index in [1.807, 2.05) is 0 Å². The summed E-state index contributed by atoms with van der Waals surface area (Å²) in [6, 6.07) is 7.89. The van der Waals surface area contributed by atoms with Gasteiger partial charge in [-0.3, -0.25) is 0 Å². The predicted molar refractivity (Wildman–Crippen MR) is 77.2 cm³/mol. The SMILES string of the molecule is O=C(O)/C=C/c1cccc(F)c1Oc1cc(F)cc(Br)c1. The number of ether oxygens (including phenoxy) is 1. The third kappa shape index (κ3) is 4.13. The van der Waals surface area contributed by atoms with Crippen molar-refractivity contribution < 1.29 is 23.4 Å². The minimum Gasteiger partial charge on any atom is -0.478 e. The van der Waals surface area contributed by atoms with Gasteiger partial charge in [-0.25, -0.2) is 13.6 Å². The van der Waals surface area contributed by atoms with Crippen LogP contribution in [0, 0.1) is 11.6 Å². The lowest BCUT2D eigenvalue weighted by Crippen LogP contribution is -1.93. The van der Waals surface area contributed by atoms with Crippen LogP contribution in [-0.2, 0) is 4.79 Å². The first-order chi connectivity index (χ1) is 9.95. The maximum Gasteiger partial charge on any atom is 0.328 e. The average Bonchev–Trinajstić information content (AvgIpc) is 2.38. The summed E-state index contributed by atoms with van der Waals surface area (Å²) in [6.45, 7) is 0. The van der Waals surface area contributed by atoms with Crippen LogP contribution in [-0.4, -0.2) is 11.1 Å². The third-order valence-electron chi connectivity index (χ3n) is 2.46. The van der Waals surface area contributed by atoms with Crippen LogP contribution in [0.2, 0.25) is 0 Å². The van der Waals surface area contributed by atoms with Crippen molar-refractivity contribution in [3.8, 4) is 11.5 Å². The van der Waals surface area contributed by atoms with Crippen LogP contribution in [0.15, 0.2) is 46.9 Å². The molecule has 0 aliphatic heterocycles. The second-order valence-electron chi connectivity index (χ2n) is 4.04. The molecule has 0 aliphatic rings. The summed E-state index contributed by atoms with van der Waals surface area (Å²) >= 11 is 3.11. The number of halogens is 3. The van der Waals surface area contributed by atoms with Gasteiger partial charge in [0.25, 0.3) is 0 Å². The van der Waals surface area contributed by atoms with E-state index in [1.54, 1.807) is 0 Å². The Kier molecular flexibility index (Phi) is 4.70. The van der Waals surface area contributed by atoms with Crippen molar-refractivity contribution in [3.05, 3.63) is 64.1 Å². The largest absolute Gasteiger partial charge is 0.478 e. The Labute approximate surface area is 127 Å². The van der Waals surface area contributed by atoms with Gasteiger partial charge in [-0.05, 0) is 24.3 Å². The van der Waals surface area contributed by atoms with E-state index in [4.69, 9.17) is 9.84 Å². The molecule has 0 aliphatic carbocycles. The highest BCUT2D eigenvalue weighted by Gasteiger charge is 2.10. The monoisotopic (exact) mass is 354 g/mol. The van der Waals surface area contributed by atoms with Crippen molar-refractivity contribution in [1.29, 1.82) is 0 Å². The quantitative estimate of drug-likeness (QED) is 0.815. The molecule has 0 saturated heterocycles. The van der Waals surface area contributed by atoms with Gasteiger partial charge in [-0.1, -0.05) is 28.1 Å². The van der Waals surface area contributed by atoms with Crippen molar-refractivity contribution >= 4 is 28.0 Å². The molecule has 0 radical (unpaired) electrons. The van der Waals surface area contributed by atoms with E-state index in [1.165, 1.54) is 36.4 Å². The molecule has 0 atom stereocenters. The Balaban J connectivity index is 2.40. The number of aliphatic carboxylic acids is 1. The van der Waals surface area contributed by atoms with Crippen LogP contribution < -0.4 is 4.74 Å². The number of hydrogen-bond donors (Lipinski definition) is 1. The Morgan fingerprint density at radius 3 is 2.67 bits per heavy atom. The summed E-state index contributed by atoms with van der Waals surface area (Å²) in [5, 5.41) is 8.62. The Hall–Kier alpha value is -2.21. The zero-order valence-electron chi connectivity index (χ0n) is 10.5. The van der Waals surface area contributed by atoms with Gasteiger partial charge in [0.15, 0.2) is 11.6 Å². The van der Waals surface area contributed by atoms with Crippen LogP contribution in [0.3, 0.4) is 0 Å². The molecule has 108 valence electrons. The molecule has 0 spiro atoms. The van der Waals surface area contributed by atoms with Crippen molar-refractivity contribution in [3.63, 3.8) is 0 Å². The van der Waals surface area contributed by atoms with E-state index in [2.05, 4.69) is 15.9 Å². The van der Waals surface area contributed by atoms with Crippen molar-refractivity contribution in [2.75, 3.05) is 0 Å². The fourth-order valence-electron chi connectivity index (χ4n) is 1.63. The second-order valence-corrected chi connectivity index (χ2v) is 4.95. The molecule has 1 N–H and O–H groups in total. The Bertz CT molecular complexity index is 694. The van der Waals surface area contributed by atoms with Gasteiger partial charge in [0.05, 0.1) is 0 Å². The van der Waals surface area contributed by atoms with Gasteiger partial charge in [-0.15, -0.1) is 0 Å². The fourth-order valence-corrected chi connectivity index (χ4v) is 2.08. The van der Waals surface area contributed by atoms with Gasteiger partial charge < -0.3 is 9.84 Å². The Morgan fingerprint density at radius 2 is 2.00 bits per heavy atom. The molecule has 0 unspecified atom stereocenters. The molecular formula is C15H9BrF2O3. The number of carboxylic acids is 1. The van der Waals surface area contributed by atoms with Gasteiger partial charge in [0, 0.05) is 22.2 Å². The summed E-state index contributed by atoms with van der Waals surface area (Å²) in [5.41, 5.74) is 0.234. The summed E-state index contributed by atoms with van der Waals surface area (Å²) in [7, 11) is 0. The van der Waals surface area contributed by atoms with Crippen molar-refractivity contribution in [2.45, 2.75) is 0 Å². The number of para-hydroxylation sites is 1. The van der Waals surface area contributed by atoms with Gasteiger partial charge in [0.1, 0.15) is 11.6 Å². The Morgan fingerprint density at radius 1 is 1.24 bits per heavy atom. The topological polar surface area (TPSA) is 46.5 Å². The van der Waals surface area contributed by atoms with E-state index >= 15 is 0 Å². The molecule has 3 nitrogen and oxygen atoms in total. The molecule has 0 saturated carbocycles. The first-order valence-electron chi connectivity index (χ1n) is 5.79. The highest BCUT2D eigenvalue weighted by molar-refractivity contribution is 9.10. The van der Waals surface area contributed by atoms with Gasteiger partial charge in [0.2, 0.25) is 0 Å². The number of carboxylic acid groups (broad SMARTS) is 1. The lowest BCUT2D eigenvalue weighted by Gasteiger charge is -2.10. The second kappa shape index (κ2) is 6.49. The minimum atomic E-state index is -1.17. The molecular weight excluding hydrogens is 346 g/mol. The van der Waals surface area contributed by atoms with Crippen LogP contribution in [0.1, 0.15) is 5.56 Å². The van der Waals surface area contributed by atoms with E-state index in [-0.39, 0.29) is 17.1 Å². The van der Waals surface area contributed by atoms with Crippen LogP contribution in [0.4, 0.5) is 8.78 Å². The minimum absolute atomic E-state index is 0.0944. The highest BCUT2D eigenvalue weighted by atomic mass is 79.9. The number of hydrogen-bond acceptors (Lipinski definition) is 2. The van der Waals surface area contributed by atoms with Crippen LogP contribution >= 0.6 is 15.9 Å². The van der Waals surface area contributed by atoms with Crippen molar-refractivity contribution in [2.24, 2.45) is 0 Å². The molecule has 0 heterocycles. The molecule has 2 aromatic rings. The predicted octanol–water partition coefficient (Wildman–Crippen LogP) is 4.62. The van der Waals surface area contributed by atoms with E-state index in [0.29, 0.717) is 4.47 Å². The summed E-state index contributed by atoms with van der Waals surface area (Å²) in [4.78, 5) is 10.5. The maximum atomic E-state index is 13.8. The van der Waals surface area contributed by atoms with Crippen LogP contribution in [0.5, 0.6) is 11.5 Å². The molecule has 0 aromatic heterocycles. The molecule has 2 rings (SSSR count). The number of rotatable bonds is 4. The third-order valence-corrected chi connectivity index (χ3v) is 2.92. The smallest absolute Gasteiger partial charge is 0.328 e. The van der Waals surface area contributed by atoms with E-state index in [0.717, 1.165) is 12.1 Å². The zero-order chi connectivity index (χ0) is 15.4. The number of benzene rings is 2. The molecule has 0 bridgehead atoms. The standard InChI is InChI=1S/C15H9BrF2O3/c16-10-6-11(17)8-12(7-10)21-15-9(4-5-14(19)20)2-1-3-13(15)18/h1-8H,(H,19,20)/b5-4+.